The third-order valence-electron chi connectivity index (χ3n) is 3.35. The van der Waals surface area contributed by atoms with Crippen molar-refractivity contribution in [2.75, 3.05) is 11.9 Å². The number of carbonyl (C=O) groups is 2. The first-order valence-corrected chi connectivity index (χ1v) is 8.67. The second kappa shape index (κ2) is 8.40. The van der Waals surface area contributed by atoms with Gasteiger partial charge in [-0.05, 0) is 53.6 Å². The summed E-state index contributed by atoms with van der Waals surface area (Å²) in [6.45, 7) is 1.38. The summed E-state index contributed by atoms with van der Waals surface area (Å²) in [5.74, 6) is -2.43. The third-order valence-corrected chi connectivity index (χ3v) is 4.08. The van der Waals surface area contributed by atoms with Gasteiger partial charge in [-0.2, -0.15) is 11.3 Å². The van der Waals surface area contributed by atoms with Crippen molar-refractivity contribution in [1.29, 1.82) is 0 Å². The predicted octanol–water partition coefficient (Wildman–Crippen LogP) is 2.70. The molecule has 0 aliphatic rings. The summed E-state index contributed by atoms with van der Waals surface area (Å²) in [4.78, 5) is 23.7. The maximum Gasteiger partial charge on any atom is 0.573 e. The van der Waals surface area contributed by atoms with Crippen LogP contribution in [0.2, 0.25) is 0 Å². The Kier molecular flexibility index (Phi) is 6.45. The number of benzene rings is 1. The Balaban J connectivity index is 1.83. The first-order valence-electron chi connectivity index (χ1n) is 7.72. The van der Waals surface area contributed by atoms with E-state index in [1.807, 2.05) is 16.8 Å². The molecule has 146 valence electrons. The monoisotopic (exact) mass is 402 g/mol. The quantitative estimate of drug-likeness (QED) is 0.649. The topological polar surface area (TPSA) is 87.7 Å². The van der Waals surface area contributed by atoms with Gasteiger partial charge in [0.1, 0.15) is 5.75 Å². The molecule has 1 atom stereocenters. The fourth-order valence-corrected chi connectivity index (χ4v) is 2.84. The molecule has 0 saturated carbocycles. The van der Waals surface area contributed by atoms with E-state index in [0.29, 0.717) is 6.42 Å². The number of carbonyl (C=O) groups excluding carboxylic acids is 2. The molecule has 0 fully saturated rings. The lowest BCUT2D eigenvalue weighted by atomic mass is 9.98. The van der Waals surface area contributed by atoms with Gasteiger partial charge in [0, 0.05) is 18.7 Å². The first-order chi connectivity index (χ1) is 12.5. The third kappa shape index (κ3) is 7.27. The second-order valence-corrected chi connectivity index (χ2v) is 6.79. The second-order valence-electron chi connectivity index (χ2n) is 6.01. The first kappa shape index (κ1) is 20.7. The number of hydrogen-bond donors (Lipinski definition) is 3. The number of ether oxygens (including phenoxy) is 1. The molecule has 2 aromatic rings. The molecular formula is C17H17F3N2O4S. The normalized spacial score (nSPS) is 13.5. The molecule has 1 aromatic heterocycles. The lowest BCUT2D eigenvalue weighted by Crippen LogP contribution is -2.45. The van der Waals surface area contributed by atoms with Crippen molar-refractivity contribution in [3.8, 4) is 5.75 Å². The van der Waals surface area contributed by atoms with Crippen molar-refractivity contribution in [2.45, 2.75) is 25.3 Å². The Morgan fingerprint density at radius 3 is 2.37 bits per heavy atom. The number of nitrogens with one attached hydrogen (secondary N) is 2. The molecule has 2 rings (SSSR count). The van der Waals surface area contributed by atoms with Crippen LogP contribution in [0.5, 0.6) is 5.75 Å². The maximum absolute atomic E-state index is 12.1. The van der Waals surface area contributed by atoms with Crippen molar-refractivity contribution in [2.24, 2.45) is 0 Å². The molecule has 1 unspecified atom stereocenters. The van der Waals surface area contributed by atoms with Crippen LogP contribution in [0.4, 0.5) is 18.9 Å². The summed E-state index contributed by atoms with van der Waals surface area (Å²) in [6, 6.07) is 6.19. The van der Waals surface area contributed by atoms with Gasteiger partial charge in [-0.1, -0.05) is 0 Å². The molecule has 0 spiro atoms. The van der Waals surface area contributed by atoms with E-state index < -0.39 is 29.5 Å². The van der Waals surface area contributed by atoms with Crippen LogP contribution in [0.25, 0.3) is 0 Å². The smallest absolute Gasteiger partial charge is 0.406 e. The Bertz CT molecular complexity index is 774. The van der Waals surface area contributed by atoms with Gasteiger partial charge in [0.2, 0.25) is 0 Å². The number of alkyl halides is 3. The highest BCUT2D eigenvalue weighted by molar-refractivity contribution is 7.07. The van der Waals surface area contributed by atoms with Gasteiger partial charge < -0.3 is 20.5 Å². The Morgan fingerprint density at radius 1 is 1.15 bits per heavy atom. The van der Waals surface area contributed by atoms with Crippen molar-refractivity contribution in [3.05, 3.63) is 46.7 Å². The van der Waals surface area contributed by atoms with E-state index >= 15 is 0 Å². The molecule has 0 aliphatic heterocycles. The zero-order valence-electron chi connectivity index (χ0n) is 14.2. The lowest BCUT2D eigenvalue weighted by molar-refractivity contribution is -0.274. The molecule has 3 N–H and O–H groups in total. The minimum Gasteiger partial charge on any atom is -0.406 e. The fourth-order valence-electron chi connectivity index (χ4n) is 2.17. The summed E-state index contributed by atoms with van der Waals surface area (Å²) >= 11 is 1.48. The van der Waals surface area contributed by atoms with E-state index in [1.54, 1.807) is 0 Å². The molecule has 27 heavy (non-hydrogen) atoms. The van der Waals surface area contributed by atoms with Crippen LogP contribution in [0, 0.1) is 0 Å². The van der Waals surface area contributed by atoms with Crippen LogP contribution in [0.15, 0.2) is 41.1 Å². The van der Waals surface area contributed by atoms with Gasteiger partial charge in [0.25, 0.3) is 0 Å². The van der Waals surface area contributed by atoms with Gasteiger partial charge in [-0.15, -0.1) is 13.2 Å². The highest BCUT2D eigenvalue weighted by Gasteiger charge is 2.31. The average molecular weight is 402 g/mol. The molecule has 10 heteroatoms. The number of aliphatic hydroxyl groups is 1. The van der Waals surface area contributed by atoms with E-state index in [4.69, 9.17) is 0 Å². The van der Waals surface area contributed by atoms with Crippen LogP contribution >= 0.6 is 11.3 Å². The zero-order valence-corrected chi connectivity index (χ0v) is 15.0. The largest absolute Gasteiger partial charge is 0.573 e. The Labute approximate surface area is 157 Å². The van der Waals surface area contributed by atoms with E-state index in [0.717, 1.165) is 17.7 Å². The molecular weight excluding hydrogens is 385 g/mol. The molecule has 0 saturated heterocycles. The number of thiophene rings is 1. The summed E-state index contributed by atoms with van der Waals surface area (Å²) in [6.07, 6.45) is -4.51. The van der Waals surface area contributed by atoms with Crippen LogP contribution in [-0.4, -0.2) is 35.4 Å². The Morgan fingerprint density at radius 2 is 1.81 bits per heavy atom. The van der Waals surface area contributed by atoms with Crippen molar-refractivity contribution in [3.63, 3.8) is 0 Å². The van der Waals surface area contributed by atoms with Crippen molar-refractivity contribution >= 4 is 28.8 Å². The highest BCUT2D eigenvalue weighted by atomic mass is 32.1. The summed E-state index contributed by atoms with van der Waals surface area (Å²) < 4.78 is 40.0. The standard InChI is InChI=1S/C17H17F3N2O4S/c1-16(25,8-11-6-7-27-9-11)10-21-14(23)15(24)22-12-2-4-13(5-3-12)26-17(18,19)20/h2-7,9,25H,8,10H2,1H3,(H,21,23)(H,22,24). The number of hydrogen-bond acceptors (Lipinski definition) is 5. The maximum atomic E-state index is 12.1. The van der Waals surface area contributed by atoms with Crippen LogP contribution in [0.1, 0.15) is 12.5 Å². The lowest BCUT2D eigenvalue weighted by Gasteiger charge is -2.23. The number of rotatable bonds is 6. The minimum atomic E-state index is -4.81. The number of amides is 2. The van der Waals surface area contributed by atoms with E-state index in [9.17, 15) is 27.9 Å². The SMILES string of the molecule is CC(O)(CNC(=O)C(=O)Nc1ccc(OC(F)(F)F)cc1)Cc1ccsc1. The van der Waals surface area contributed by atoms with Crippen LogP contribution in [0.3, 0.4) is 0 Å². The number of anilines is 1. The van der Waals surface area contributed by atoms with E-state index in [-0.39, 0.29) is 12.2 Å². The van der Waals surface area contributed by atoms with Gasteiger partial charge in [-0.25, -0.2) is 0 Å². The summed E-state index contributed by atoms with van der Waals surface area (Å²) in [7, 11) is 0. The fraction of sp³-hybridized carbons (Fsp3) is 0.294. The molecule has 1 aromatic carbocycles. The Hall–Kier alpha value is -2.59. The molecule has 2 amide bonds. The number of halogens is 3. The predicted molar refractivity (Wildman–Crippen MR) is 93.4 cm³/mol. The van der Waals surface area contributed by atoms with Gasteiger partial charge in [0.05, 0.1) is 5.60 Å². The van der Waals surface area contributed by atoms with Crippen LogP contribution < -0.4 is 15.4 Å². The molecule has 0 bridgehead atoms. The van der Waals surface area contributed by atoms with Gasteiger partial charge in [0.15, 0.2) is 0 Å². The van der Waals surface area contributed by atoms with Gasteiger partial charge in [-0.3, -0.25) is 9.59 Å². The summed E-state index contributed by atoms with van der Waals surface area (Å²) in [5, 5.41) is 18.6. The summed E-state index contributed by atoms with van der Waals surface area (Å²) in [5.41, 5.74) is -0.215. The zero-order chi connectivity index (χ0) is 20.1. The molecule has 0 radical (unpaired) electrons. The molecule has 0 aliphatic carbocycles. The van der Waals surface area contributed by atoms with Crippen LogP contribution in [-0.2, 0) is 16.0 Å². The average Bonchev–Trinajstić information content (AvgIpc) is 3.05. The van der Waals surface area contributed by atoms with Crippen molar-refractivity contribution < 1.29 is 32.6 Å². The van der Waals surface area contributed by atoms with E-state index in [2.05, 4.69) is 15.4 Å². The molecule has 1 heterocycles. The van der Waals surface area contributed by atoms with Crippen molar-refractivity contribution in [1.82, 2.24) is 5.32 Å². The van der Waals surface area contributed by atoms with Gasteiger partial charge >= 0.3 is 18.2 Å². The highest BCUT2D eigenvalue weighted by Crippen LogP contribution is 2.24. The molecule has 6 nitrogen and oxygen atoms in total. The van der Waals surface area contributed by atoms with E-state index in [1.165, 1.54) is 30.4 Å². The minimum absolute atomic E-state index is 0.120.